The molecule has 0 spiro atoms. The molecule has 0 amide bonds. The fourth-order valence-electron chi connectivity index (χ4n) is 1.49. The smallest absolute Gasteiger partial charge is 0.298 e. The van der Waals surface area contributed by atoms with Crippen LogP contribution in [0.2, 0.25) is 0 Å². The molecule has 3 heteroatoms. The average Bonchev–Trinajstić information content (AvgIpc) is 2.35. The molecule has 0 N–H and O–H groups in total. The lowest BCUT2D eigenvalue weighted by Crippen LogP contribution is -2.25. The van der Waals surface area contributed by atoms with Crippen molar-refractivity contribution >= 4 is 5.97 Å². The maximum absolute atomic E-state index is 11.4. The van der Waals surface area contributed by atoms with Gasteiger partial charge in [-0.2, -0.15) is 4.89 Å². The van der Waals surface area contributed by atoms with Gasteiger partial charge in [-0.05, 0) is 26.7 Å². The van der Waals surface area contributed by atoms with Crippen LogP contribution in [0.25, 0.3) is 0 Å². The molecule has 0 atom stereocenters. The van der Waals surface area contributed by atoms with Crippen molar-refractivity contribution in [3.63, 3.8) is 0 Å². The van der Waals surface area contributed by atoms with Gasteiger partial charge in [0.25, 0.3) is 0 Å². The Morgan fingerprint density at radius 2 is 1.50 bits per heavy atom. The molecule has 0 rings (SSSR count). The second-order valence-electron chi connectivity index (χ2n) is 5.52. The average molecular weight is 258 g/mol. The third-order valence-corrected chi connectivity index (χ3v) is 3.20. The molecule has 108 valence electrons. The summed E-state index contributed by atoms with van der Waals surface area (Å²) >= 11 is 0. The lowest BCUT2D eigenvalue weighted by molar-refractivity contribution is -0.325. The van der Waals surface area contributed by atoms with Crippen LogP contribution in [0.5, 0.6) is 0 Å². The molecule has 0 fully saturated rings. The minimum Gasteiger partial charge on any atom is -0.298 e. The second kappa shape index (κ2) is 10.4. The van der Waals surface area contributed by atoms with Gasteiger partial charge in [-0.25, -0.2) is 4.79 Å². The molecule has 3 nitrogen and oxygen atoms in total. The molecule has 0 aromatic heterocycles. The summed E-state index contributed by atoms with van der Waals surface area (Å²) in [6, 6.07) is 0. The molecule has 18 heavy (non-hydrogen) atoms. The van der Waals surface area contributed by atoms with Crippen molar-refractivity contribution < 1.29 is 14.6 Å². The molecule has 0 aliphatic heterocycles. The fraction of sp³-hybridized carbons (Fsp3) is 0.933. The van der Waals surface area contributed by atoms with Gasteiger partial charge >= 0.3 is 5.97 Å². The van der Waals surface area contributed by atoms with Gasteiger partial charge in [-0.15, -0.1) is 0 Å². The molecule has 0 aromatic carbocycles. The van der Waals surface area contributed by atoms with E-state index in [2.05, 4.69) is 6.92 Å². The Morgan fingerprint density at radius 1 is 0.944 bits per heavy atom. The molecule has 0 saturated carbocycles. The van der Waals surface area contributed by atoms with Crippen LogP contribution in [0.4, 0.5) is 0 Å². The summed E-state index contributed by atoms with van der Waals surface area (Å²) in [6.45, 7) is 8.04. The molecule has 0 aliphatic rings. The van der Waals surface area contributed by atoms with Crippen LogP contribution in [0.1, 0.15) is 85.5 Å². The SMILES string of the molecule is CCCCCCCCCC(=O)OOC(C)(C)CC. The Bertz CT molecular complexity index is 212. The number of hydrogen-bond acceptors (Lipinski definition) is 3. The molecule has 0 radical (unpaired) electrons. The van der Waals surface area contributed by atoms with E-state index in [4.69, 9.17) is 9.78 Å². The Labute approximate surface area is 112 Å². The number of rotatable bonds is 11. The summed E-state index contributed by atoms with van der Waals surface area (Å²) in [5, 5.41) is 0. The molecule has 0 heterocycles. The van der Waals surface area contributed by atoms with E-state index < -0.39 is 0 Å². The van der Waals surface area contributed by atoms with Gasteiger partial charge in [0.1, 0.15) is 5.60 Å². The van der Waals surface area contributed by atoms with Crippen LogP contribution in [0.3, 0.4) is 0 Å². The Hall–Kier alpha value is -0.570. The normalized spacial score (nSPS) is 11.6. The van der Waals surface area contributed by atoms with Gasteiger partial charge in [0.05, 0.1) is 0 Å². The van der Waals surface area contributed by atoms with Crippen LogP contribution < -0.4 is 0 Å². The van der Waals surface area contributed by atoms with Crippen LogP contribution in [0, 0.1) is 0 Å². The molecule has 0 saturated heterocycles. The molecule has 0 aromatic rings. The maximum atomic E-state index is 11.4. The van der Waals surface area contributed by atoms with E-state index in [1.807, 2.05) is 20.8 Å². The number of carbonyl (C=O) groups is 1. The highest BCUT2D eigenvalue weighted by Crippen LogP contribution is 2.15. The highest BCUT2D eigenvalue weighted by molar-refractivity contribution is 5.68. The van der Waals surface area contributed by atoms with Crippen molar-refractivity contribution in [2.75, 3.05) is 0 Å². The van der Waals surface area contributed by atoms with Crippen molar-refractivity contribution in [1.29, 1.82) is 0 Å². The minimum atomic E-state index is -0.379. The summed E-state index contributed by atoms with van der Waals surface area (Å²) in [7, 11) is 0. The predicted molar refractivity (Wildman–Crippen MR) is 74.2 cm³/mol. The van der Waals surface area contributed by atoms with Gasteiger partial charge < -0.3 is 0 Å². The van der Waals surface area contributed by atoms with Crippen LogP contribution >= 0.6 is 0 Å². The number of hydrogen-bond donors (Lipinski definition) is 0. The quantitative estimate of drug-likeness (QED) is 0.303. The standard InChI is InChI=1S/C15H30O3/c1-5-7-8-9-10-11-12-13-14(16)17-18-15(3,4)6-2/h5-13H2,1-4H3. The summed E-state index contributed by atoms with van der Waals surface area (Å²) in [5.41, 5.74) is -0.379. The van der Waals surface area contributed by atoms with E-state index in [0.29, 0.717) is 6.42 Å². The zero-order valence-electron chi connectivity index (χ0n) is 12.6. The van der Waals surface area contributed by atoms with E-state index in [9.17, 15) is 4.79 Å². The largest absolute Gasteiger partial charge is 0.342 e. The van der Waals surface area contributed by atoms with Crippen molar-refractivity contribution in [3.8, 4) is 0 Å². The molecule has 0 aliphatic carbocycles. The Balaban J connectivity index is 3.38. The minimum absolute atomic E-state index is 0.245. The Kier molecular flexibility index (Phi) is 10.0. The predicted octanol–water partition coefficient (Wildman–Crippen LogP) is 4.79. The zero-order valence-corrected chi connectivity index (χ0v) is 12.6. The lowest BCUT2D eigenvalue weighted by atomic mass is 10.1. The topological polar surface area (TPSA) is 35.5 Å². The van der Waals surface area contributed by atoms with Crippen molar-refractivity contribution in [3.05, 3.63) is 0 Å². The first kappa shape index (κ1) is 17.4. The van der Waals surface area contributed by atoms with E-state index in [1.54, 1.807) is 0 Å². The van der Waals surface area contributed by atoms with Gasteiger partial charge in [0.2, 0.25) is 0 Å². The first-order valence-electron chi connectivity index (χ1n) is 7.40. The van der Waals surface area contributed by atoms with Gasteiger partial charge in [-0.1, -0.05) is 52.4 Å². The highest BCUT2D eigenvalue weighted by Gasteiger charge is 2.19. The van der Waals surface area contributed by atoms with Gasteiger partial charge in [0, 0.05) is 6.42 Å². The first-order valence-corrected chi connectivity index (χ1v) is 7.40. The van der Waals surface area contributed by atoms with Crippen molar-refractivity contribution in [1.82, 2.24) is 0 Å². The summed E-state index contributed by atoms with van der Waals surface area (Å²) in [4.78, 5) is 21.3. The van der Waals surface area contributed by atoms with Crippen molar-refractivity contribution in [2.24, 2.45) is 0 Å². The zero-order chi connectivity index (χ0) is 13.9. The van der Waals surface area contributed by atoms with Crippen LogP contribution in [-0.2, 0) is 14.6 Å². The molecule has 0 bridgehead atoms. The third kappa shape index (κ3) is 10.6. The van der Waals surface area contributed by atoms with E-state index in [1.165, 1.54) is 32.1 Å². The fourth-order valence-corrected chi connectivity index (χ4v) is 1.49. The van der Waals surface area contributed by atoms with E-state index >= 15 is 0 Å². The van der Waals surface area contributed by atoms with Crippen LogP contribution in [0.15, 0.2) is 0 Å². The maximum Gasteiger partial charge on any atom is 0.342 e. The third-order valence-electron chi connectivity index (χ3n) is 3.20. The first-order chi connectivity index (χ1) is 8.52. The molecular weight excluding hydrogens is 228 g/mol. The highest BCUT2D eigenvalue weighted by atomic mass is 17.2. The van der Waals surface area contributed by atoms with Crippen LogP contribution in [-0.4, -0.2) is 11.6 Å². The second-order valence-corrected chi connectivity index (χ2v) is 5.52. The van der Waals surface area contributed by atoms with Crippen molar-refractivity contribution in [2.45, 2.75) is 91.1 Å². The lowest BCUT2D eigenvalue weighted by Gasteiger charge is -2.20. The summed E-state index contributed by atoms with van der Waals surface area (Å²) in [6.07, 6.45) is 9.70. The van der Waals surface area contributed by atoms with E-state index in [0.717, 1.165) is 19.3 Å². The summed E-state index contributed by atoms with van der Waals surface area (Å²) < 4.78 is 0. The molecule has 0 unspecified atom stereocenters. The number of unbranched alkanes of at least 4 members (excludes halogenated alkanes) is 6. The van der Waals surface area contributed by atoms with E-state index in [-0.39, 0.29) is 11.6 Å². The number of carbonyl (C=O) groups excluding carboxylic acids is 1. The molecular formula is C15H30O3. The Morgan fingerprint density at radius 3 is 2.06 bits per heavy atom. The van der Waals surface area contributed by atoms with Gasteiger partial charge in [0.15, 0.2) is 0 Å². The monoisotopic (exact) mass is 258 g/mol. The van der Waals surface area contributed by atoms with Gasteiger partial charge in [-0.3, -0.25) is 4.89 Å². The summed E-state index contributed by atoms with van der Waals surface area (Å²) in [5.74, 6) is -0.245.